The van der Waals surface area contributed by atoms with Crippen molar-refractivity contribution >= 4 is 16.5 Å². The van der Waals surface area contributed by atoms with Crippen molar-refractivity contribution < 1.29 is 17.9 Å². The Morgan fingerprint density at radius 3 is 2.51 bits per heavy atom. The minimum Gasteiger partial charge on any atom is -0.497 e. The molecule has 0 saturated carbocycles. The summed E-state index contributed by atoms with van der Waals surface area (Å²) in [6.07, 6.45) is 0.991. The average molecular weight is 555 g/mol. The summed E-state index contributed by atoms with van der Waals surface area (Å²) >= 11 is 0. The Kier molecular flexibility index (Phi) is 6.82. The van der Waals surface area contributed by atoms with Crippen LogP contribution in [0.1, 0.15) is 16.7 Å². The molecule has 7 nitrogen and oxygen atoms in total. The molecule has 0 saturated heterocycles. The third kappa shape index (κ3) is 5.20. The van der Waals surface area contributed by atoms with E-state index in [0.29, 0.717) is 29.2 Å². The van der Waals surface area contributed by atoms with Gasteiger partial charge >= 0.3 is 6.18 Å². The van der Waals surface area contributed by atoms with Crippen LogP contribution >= 0.6 is 0 Å². The average Bonchev–Trinajstić information content (AvgIpc) is 3.65. The molecule has 5 aromatic rings. The van der Waals surface area contributed by atoms with Crippen molar-refractivity contribution in [3.63, 3.8) is 0 Å². The number of alkyl halides is 3. The van der Waals surface area contributed by atoms with E-state index in [2.05, 4.69) is 49.7 Å². The number of ether oxygens (including phenoxy) is 1. The molecule has 1 aliphatic heterocycles. The van der Waals surface area contributed by atoms with Crippen molar-refractivity contribution in [2.75, 3.05) is 7.11 Å². The van der Waals surface area contributed by atoms with Crippen LogP contribution in [0.5, 0.6) is 5.75 Å². The van der Waals surface area contributed by atoms with E-state index >= 15 is 0 Å². The largest absolute Gasteiger partial charge is 0.497 e. The molecule has 1 atom stereocenters. The van der Waals surface area contributed by atoms with Gasteiger partial charge in [0.1, 0.15) is 11.4 Å². The minimum atomic E-state index is -4.73. The third-order valence-electron chi connectivity index (χ3n) is 7.29. The molecule has 206 valence electrons. The summed E-state index contributed by atoms with van der Waals surface area (Å²) in [7, 11) is 1.53. The SMILES string of the molecule is COc1ccc(CC2(c3ccnc(-c4cn(CCc5cccc6ccccc56)cn4)c3)N=NN=C2C(F)(F)F)cc1. The van der Waals surface area contributed by atoms with Crippen LogP contribution in [-0.4, -0.2) is 33.5 Å². The van der Waals surface area contributed by atoms with Gasteiger partial charge in [0.05, 0.1) is 19.1 Å². The molecular weight excluding hydrogens is 529 g/mol. The normalized spacial score (nSPS) is 16.7. The standard InChI is InChI=1S/C31H25F3N6O/c1-41-25-11-9-21(10-12-25)18-30(29(31(32,33)34)37-39-38-30)24-13-15-35-27(17-24)28-19-40(20-36-28)16-14-23-7-4-6-22-5-2-3-8-26(22)23/h2-13,15,17,19-20H,14,16,18H2,1H3. The third-order valence-corrected chi connectivity index (χ3v) is 7.29. The lowest BCUT2D eigenvalue weighted by atomic mass is 9.80. The molecule has 3 heterocycles. The summed E-state index contributed by atoms with van der Waals surface area (Å²) in [6.45, 7) is 0.682. The highest BCUT2D eigenvalue weighted by molar-refractivity contribution is 6.00. The number of hydrogen-bond donors (Lipinski definition) is 0. The lowest BCUT2D eigenvalue weighted by molar-refractivity contribution is -0.0634. The number of nitrogens with zero attached hydrogens (tertiary/aromatic N) is 6. The second kappa shape index (κ2) is 10.6. The molecule has 0 spiro atoms. The molecule has 0 bridgehead atoms. The van der Waals surface area contributed by atoms with Crippen molar-refractivity contribution in [3.8, 4) is 17.1 Å². The number of halogens is 3. The van der Waals surface area contributed by atoms with Gasteiger partial charge < -0.3 is 9.30 Å². The number of aromatic nitrogens is 3. The Labute approximate surface area is 234 Å². The Balaban J connectivity index is 1.29. The molecule has 0 fully saturated rings. The lowest BCUT2D eigenvalue weighted by Crippen LogP contribution is -2.43. The topological polar surface area (TPSA) is 77.0 Å². The number of methoxy groups -OCH3 is 1. The van der Waals surface area contributed by atoms with E-state index in [1.165, 1.54) is 35.7 Å². The predicted molar refractivity (Wildman–Crippen MR) is 150 cm³/mol. The highest BCUT2D eigenvalue weighted by Gasteiger charge is 2.54. The molecule has 6 rings (SSSR count). The smallest absolute Gasteiger partial charge is 0.434 e. The van der Waals surface area contributed by atoms with Crippen LogP contribution in [0.3, 0.4) is 0 Å². The summed E-state index contributed by atoms with van der Waals surface area (Å²) < 4.78 is 49.8. The highest BCUT2D eigenvalue weighted by atomic mass is 19.4. The first kappa shape index (κ1) is 26.4. The number of pyridine rings is 1. The summed E-state index contributed by atoms with van der Waals surface area (Å²) in [5, 5.41) is 13.4. The van der Waals surface area contributed by atoms with Gasteiger partial charge in [0.2, 0.25) is 0 Å². The number of fused-ring (bicyclic) bond motifs is 1. The zero-order valence-electron chi connectivity index (χ0n) is 22.1. The second-order valence-electron chi connectivity index (χ2n) is 9.84. The maximum atomic E-state index is 14.2. The van der Waals surface area contributed by atoms with Crippen molar-refractivity contribution in [1.29, 1.82) is 0 Å². The molecule has 2 aromatic heterocycles. The van der Waals surface area contributed by atoms with E-state index in [9.17, 15) is 13.2 Å². The first-order chi connectivity index (χ1) is 19.9. The van der Waals surface area contributed by atoms with E-state index in [-0.39, 0.29) is 12.0 Å². The quantitative estimate of drug-likeness (QED) is 0.204. The van der Waals surface area contributed by atoms with Crippen LogP contribution in [0.15, 0.2) is 113 Å². The van der Waals surface area contributed by atoms with Gasteiger partial charge in [-0.05, 0) is 63.4 Å². The van der Waals surface area contributed by atoms with Crippen molar-refractivity contribution in [1.82, 2.24) is 14.5 Å². The van der Waals surface area contributed by atoms with Gasteiger partial charge in [-0.15, -0.1) is 5.10 Å². The minimum absolute atomic E-state index is 0.0955. The predicted octanol–water partition coefficient (Wildman–Crippen LogP) is 7.17. The fourth-order valence-corrected chi connectivity index (χ4v) is 5.22. The van der Waals surface area contributed by atoms with Crippen molar-refractivity contribution in [2.45, 2.75) is 31.1 Å². The molecule has 10 heteroatoms. The van der Waals surface area contributed by atoms with Gasteiger partial charge in [0.25, 0.3) is 0 Å². The summed E-state index contributed by atoms with van der Waals surface area (Å²) in [4.78, 5) is 8.92. The Bertz CT molecular complexity index is 1750. The summed E-state index contributed by atoms with van der Waals surface area (Å²) in [5.74, 6) is 0.600. The van der Waals surface area contributed by atoms with Gasteiger partial charge in [-0.3, -0.25) is 4.98 Å². The Morgan fingerprint density at radius 2 is 1.71 bits per heavy atom. The van der Waals surface area contributed by atoms with Gasteiger partial charge in [-0.2, -0.15) is 18.3 Å². The van der Waals surface area contributed by atoms with Gasteiger partial charge in [0, 0.05) is 25.4 Å². The maximum absolute atomic E-state index is 14.2. The number of benzene rings is 3. The Morgan fingerprint density at radius 1 is 0.902 bits per heavy atom. The van der Waals surface area contributed by atoms with Crippen molar-refractivity contribution in [2.24, 2.45) is 15.4 Å². The molecule has 0 amide bonds. The summed E-state index contributed by atoms with van der Waals surface area (Å²) in [6, 6.07) is 24.4. The summed E-state index contributed by atoms with van der Waals surface area (Å²) in [5.41, 5.74) is 0.180. The highest BCUT2D eigenvalue weighted by Crippen LogP contribution is 2.42. The molecule has 1 unspecified atom stereocenters. The maximum Gasteiger partial charge on any atom is 0.434 e. The van der Waals surface area contributed by atoms with Crippen LogP contribution < -0.4 is 4.74 Å². The van der Waals surface area contributed by atoms with Gasteiger partial charge in [0.15, 0.2) is 11.3 Å². The van der Waals surface area contributed by atoms with E-state index in [0.717, 1.165) is 6.42 Å². The molecule has 41 heavy (non-hydrogen) atoms. The Hall–Kier alpha value is -4.86. The second-order valence-corrected chi connectivity index (χ2v) is 9.84. The molecule has 0 N–H and O–H groups in total. The molecular formula is C31H25F3N6O. The molecule has 1 aliphatic rings. The first-order valence-corrected chi connectivity index (χ1v) is 13.0. The van der Waals surface area contributed by atoms with Crippen LogP contribution in [0.2, 0.25) is 0 Å². The van der Waals surface area contributed by atoms with Crippen LogP contribution in [0.4, 0.5) is 13.2 Å². The zero-order valence-corrected chi connectivity index (χ0v) is 22.1. The van der Waals surface area contributed by atoms with E-state index in [1.807, 2.05) is 29.0 Å². The van der Waals surface area contributed by atoms with Crippen LogP contribution in [-0.2, 0) is 24.9 Å². The fourth-order valence-electron chi connectivity index (χ4n) is 5.22. The lowest BCUT2D eigenvalue weighted by Gasteiger charge is -2.28. The number of rotatable bonds is 8. The fraction of sp³-hybridized carbons (Fsp3) is 0.194. The monoisotopic (exact) mass is 554 g/mol. The molecule has 0 radical (unpaired) electrons. The van der Waals surface area contributed by atoms with E-state index in [4.69, 9.17) is 4.74 Å². The van der Waals surface area contributed by atoms with Crippen LogP contribution in [0, 0.1) is 0 Å². The van der Waals surface area contributed by atoms with Gasteiger partial charge in [-0.1, -0.05) is 54.6 Å². The molecule has 0 aliphatic carbocycles. The number of imidazole rings is 1. The van der Waals surface area contributed by atoms with Gasteiger partial charge in [-0.25, -0.2) is 4.98 Å². The number of aryl methyl sites for hydroxylation is 2. The van der Waals surface area contributed by atoms with E-state index in [1.54, 1.807) is 36.7 Å². The van der Waals surface area contributed by atoms with Crippen LogP contribution in [0.25, 0.3) is 22.2 Å². The van der Waals surface area contributed by atoms with Crippen molar-refractivity contribution in [3.05, 3.63) is 114 Å². The molecule has 3 aromatic carbocycles. The zero-order chi connectivity index (χ0) is 28.5. The first-order valence-electron chi connectivity index (χ1n) is 13.0. The van der Waals surface area contributed by atoms with E-state index < -0.39 is 17.4 Å². The number of hydrogen-bond acceptors (Lipinski definition) is 6.